The Labute approximate surface area is 336 Å². The molecule has 0 aromatic carbocycles. The highest BCUT2D eigenvalue weighted by atomic mass is 16.4. The maximum Gasteiger partial charge on any atom is 0.326 e. The normalized spacial score (nSPS) is 14.7. The van der Waals surface area contributed by atoms with Crippen LogP contribution in [0, 0.1) is 17.8 Å². The number of rotatable bonds is 28. The molecule has 6 amide bonds. The van der Waals surface area contributed by atoms with Gasteiger partial charge in [-0.2, -0.15) is 0 Å². The van der Waals surface area contributed by atoms with Crippen molar-refractivity contribution in [3.05, 3.63) is 0 Å². The maximum absolute atomic E-state index is 13.7. The first kappa shape index (κ1) is 52.4. The lowest BCUT2D eigenvalue weighted by Gasteiger charge is -2.29. The molecule has 0 aliphatic heterocycles. The first-order chi connectivity index (χ1) is 26.9. The minimum atomic E-state index is -1.84. The number of hydrogen-bond acceptors (Lipinski definition) is 12. The first-order valence-electron chi connectivity index (χ1n) is 18.8. The zero-order valence-electron chi connectivity index (χ0n) is 33.8. The number of guanidine groups is 1. The average Bonchev–Trinajstić information content (AvgIpc) is 3.10. The van der Waals surface area contributed by atoms with Crippen LogP contribution in [0.1, 0.15) is 86.5 Å². The summed E-state index contributed by atoms with van der Waals surface area (Å²) < 4.78 is 0. The van der Waals surface area contributed by atoms with Crippen molar-refractivity contribution >= 4 is 59.3 Å². The number of aliphatic carboxylic acids is 3. The molecule has 0 saturated heterocycles. The Morgan fingerprint density at radius 2 is 1.02 bits per heavy atom. The number of aliphatic hydroxyl groups excluding tert-OH is 1. The van der Waals surface area contributed by atoms with Gasteiger partial charge in [-0.25, -0.2) is 4.79 Å². The lowest BCUT2D eigenvalue weighted by molar-refractivity contribution is -0.143. The standard InChI is InChI=1S/C35H62N10O13/c1-16(2)12-22(31(54)44-24(34(57)58)13-17(3)4)43-33(56)27(18(5)6)45-32(55)23(14-26(49)50)42-29(52)20(8-7-11-39-35(37)38)41-30(53)21(9-10-25(47)48)40-28(51)19(36)15-46/h16-24,27,46H,7-15,36H2,1-6H3,(H,40,51)(H,41,53)(H,42,52)(H,43,56)(H,44,54)(H,45,55)(H,47,48)(H,49,50)(H,57,58)(H4,37,38,39)/t19-,20-,21-,22-,23-,24-,27-/m0/s1. The second-order valence-electron chi connectivity index (χ2n) is 14.9. The van der Waals surface area contributed by atoms with Crippen LogP contribution >= 0.6 is 0 Å². The predicted octanol–water partition coefficient (Wildman–Crippen LogP) is -3.56. The predicted molar refractivity (Wildman–Crippen MR) is 207 cm³/mol. The molecule has 0 aromatic heterocycles. The van der Waals surface area contributed by atoms with Gasteiger partial charge in [0, 0.05) is 13.0 Å². The van der Waals surface area contributed by atoms with Gasteiger partial charge < -0.3 is 69.5 Å². The Hall–Kier alpha value is -5.58. The van der Waals surface area contributed by atoms with E-state index in [2.05, 4.69) is 36.9 Å². The summed E-state index contributed by atoms with van der Waals surface area (Å²) >= 11 is 0. The van der Waals surface area contributed by atoms with Crippen LogP contribution in [0.2, 0.25) is 0 Å². The Bertz CT molecular complexity index is 1470. The second-order valence-corrected chi connectivity index (χ2v) is 14.9. The van der Waals surface area contributed by atoms with Crippen LogP contribution < -0.4 is 49.1 Å². The van der Waals surface area contributed by atoms with Crippen LogP contribution in [0.5, 0.6) is 0 Å². The van der Waals surface area contributed by atoms with Gasteiger partial charge in [0.05, 0.1) is 13.0 Å². The van der Waals surface area contributed by atoms with Gasteiger partial charge in [0.2, 0.25) is 35.4 Å². The van der Waals surface area contributed by atoms with E-state index >= 15 is 0 Å². The fourth-order valence-corrected chi connectivity index (χ4v) is 5.32. The van der Waals surface area contributed by atoms with E-state index in [4.69, 9.17) is 22.3 Å². The summed E-state index contributed by atoms with van der Waals surface area (Å²) in [7, 11) is 0. The highest BCUT2D eigenvalue weighted by Gasteiger charge is 2.35. The molecule has 16 N–H and O–H groups in total. The number of aliphatic imine (C=N–C) groups is 1. The van der Waals surface area contributed by atoms with E-state index in [9.17, 15) is 58.5 Å². The smallest absolute Gasteiger partial charge is 0.326 e. The summed E-state index contributed by atoms with van der Waals surface area (Å²) in [5, 5.41) is 51.9. The molecular weight excluding hydrogens is 768 g/mol. The molecule has 330 valence electrons. The molecule has 7 atom stereocenters. The molecule has 23 heteroatoms. The molecule has 23 nitrogen and oxygen atoms in total. The number of carbonyl (C=O) groups excluding carboxylic acids is 6. The van der Waals surface area contributed by atoms with Gasteiger partial charge >= 0.3 is 17.9 Å². The number of nitrogens with zero attached hydrogens (tertiary/aromatic N) is 1. The van der Waals surface area contributed by atoms with Crippen LogP contribution in [-0.4, -0.2) is 135 Å². The summed E-state index contributed by atoms with van der Waals surface area (Å²) in [5.74, 6) is -11.2. The minimum Gasteiger partial charge on any atom is -0.481 e. The molecule has 0 spiro atoms. The zero-order valence-corrected chi connectivity index (χ0v) is 33.8. The summed E-state index contributed by atoms with van der Waals surface area (Å²) in [6.45, 7) is 9.34. The highest BCUT2D eigenvalue weighted by molar-refractivity contribution is 5.98. The number of nitrogens with one attached hydrogen (secondary N) is 6. The molecule has 0 rings (SSSR count). The lowest BCUT2D eigenvalue weighted by Crippen LogP contribution is -2.61. The van der Waals surface area contributed by atoms with Crippen molar-refractivity contribution in [1.82, 2.24) is 31.9 Å². The number of carboxylic acid groups (broad SMARTS) is 3. The Morgan fingerprint density at radius 3 is 1.48 bits per heavy atom. The largest absolute Gasteiger partial charge is 0.481 e. The van der Waals surface area contributed by atoms with Gasteiger partial charge in [-0.3, -0.25) is 43.3 Å². The molecule has 58 heavy (non-hydrogen) atoms. The van der Waals surface area contributed by atoms with Crippen LogP contribution in [0.3, 0.4) is 0 Å². The fourth-order valence-electron chi connectivity index (χ4n) is 5.32. The molecule has 0 unspecified atom stereocenters. The molecular formula is C35H62N10O13. The third kappa shape index (κ3) is 21.1. The number of carbonyl (C=O) groups is 9. The first-order valence-corrected chi connectivity index (χ1v) is 18.8. The van der Waals surface area contributed by atoms with Gasteiger partial charge in [0.15, 0.2) is 5.96 Å². The SMILES string of the molecule is CC(C)C[C@H](NC(=O)[C@H](CC(C)C)NC(=O)[C@@H](NC(=O)[C@H](CC(=O)O)NC(=O)[C@H](CCCN=C(N)N)NC(=O)[C@H](CCC(=O)O)NC(=O)[C@@H](N)CO)C(C)C)C(=O)O. The minimum absolute atomic E-state index is 0.0404. The molecule has 0 aromatic rings. The second kappa shape index (κ2) is 26.4. The number of hydrogen-bond donors (Lipinski definition) is 13. The number of nitrogens with two attached hydrogens (primary N) is 3. The Morgan fingerprint density at radius 1 is 0.569 bits per heavy atom. The summed E-state index contributed by atoms with van der Waals surface area (Å²) in [6.07, 6.45) is -2.04. The Balaban J connectivity index is 6.46. The number of aliphatic hydroxyl groups is 1. The summed E-state index contributed by atoms with van der Waals surface area (Å²) in [4.78, 5) is 119. The van der Waals surface area contributed by atoms with Crippen LogP contribution in [0.4, 0.5) is 0 Å². The molecule has 0 fully saturated rings. The van der Waals surface area contributed by atoms with Crippen molar-refractivity contribution in [3.63, 3.8) is 0 Å². The van der Waals surface area contributed by atoms with E-state index in [1.165, 1.54) is 0 Å². The van der Waals surface area contributed by atoms with Gasteiger partial charge in [0.1, 0.15) is 42.3 Å². The van der Waals surface area contributed by atoms with Gasteiger partial charge in [0.25, 0.3) is 0 Å². The monoisotopic (exact) mass is 830 g/mol. The van der Waals surface area contributed by atoms with E-state index in [0.29, 0.717) is 0 Å². The molecule has 0 saturated carbocycles. The van der Waals surface area contributed by atoms with Crippen LogP contribution in [0.15, 0.2) is 4.99 Å². The van der Waals surface area contributed by atoms with E-state index in [1.807, 2.05) is 0 Å². The summed E-state index contributed by atoms with van der Waals surface area (Å²) in [5.41, 5.74) is 16.2. The van der Waals surface area contributed by atoms with Crippen LogP contribution in [0.25, 0.3) is 0 Å². The molecule has 0 aliphatic rings. The van der Waals surface area contributed by atoms with E-state index in [0.717, 1.165) is 0 Å². The van der Waals surface area contributed by atoms with Crippen molar-refractivity contribution in [3.8, 4) is 0 Å². The van der Waals surface area contributed by atoms with Crippen molar-refractivity contribution < 1.29 is 63.6 Å². The van der Waals surface area contributed by atoms with Crippen LogP contribution in [-0.2, 0) is 43.2 Å². The van der Waals surface area contributed by atoms with Crippen molar-refractivity contribution in [1.29, 1.82) is 0 Å². The van der Waals surface area contributed by atoms with Gasteiger partial charge in [-0.1, -0.05) is 41.5 Å². The highest BCUT2D eigenvalue weighted by Crippen LogP contribution is 2.12. The molecule has 0 heterocycles. The summed E-state index contributed by atoms with van der Waals surface area (Å²) in [6, 6.07) is -10.3. The molecule has 0 bridgehead atoms. The van der Waals surface area contributed by atoms with Gasteiger partial charge in [-0.15, -0.1) is 0 Å². The lowest BCUT2D eigenvalue weighted by atomic mass is 9.98. The van der Waals surface area contributed by atoms with Gasteiger partial charge in [-0.05, 0) is 49.9 Å². The molecule has 0 aliphatic carbocycles. The topological polar surface area (TPSA) is 397 Å². The van der Waals surface area contributed by atoms with E-state index in [1.54, 1.807) is 41.5 Å². The average molecular weight is 831 g/mol. The number of carboxylic acids is 3. The van der Waals surface area contributed by atoms with Crippen molar-refractivity contribution in [2.45, 2.75) is 129 Å². The van der Waals surface area contributed by atoms with E-state index < -0.39 is 127 Å². The van der Waals surface area contributed by atoms with Crippen molar-refractivity contribution in [2.75, 3.05) is 13.2 Å². The third-order valence-corrected chi connectivity index (χ3v) is 8.31. The van der Waals surface area contributed by atoms with Crippen molar-refractivity contribution in [2.24, 2.45) is 39.9 Å². The third-order valence-electron chi connectivity index (χ3n) is 8.31. The Kier molecular flexibility index (Phi) is 23.8. The fraction of sp³-hybridized carbons (Fsp3) is 0.714. The molecule has 0 radical (unpaired) electrons. The number of amides is 6. The van der Waals surface area contributed by atoms with E-state index in [-0.39, 0.29) is 50.0 Å². The zero-order chi connectivity index (χ0) is 44.9. The maximum atomic E-state index is 13.7. The quantitative estimate of drug-likeness (QED) is 0.0206.